The molecule has 3 nitrogen and oxygen atoms in total. The van der Waals surface area contributed by atoms with Gasteiger partial charge in [-0.1, -0.05) is 0 Å². The molecule has 0 aliphatic rings. The second kappa shape index (κ2) is 5.24. The maximum atomic E-state index is 4.30. The van der Waals surface area contributed by atoms with Crippen molar-refractivity contribution in [3.63, 3.8) is 0 Å². The molecular formula is C14H21N3S. The number of hydrogen-bond donors (Lipinski definition) is 1. The summed E-state index contributed by atoms with van der Waals surface area (Å²) in [5, 5.41) is 10.1. The Kier molecular flexibility index (Phi) is 3.88. The number of thiophene rings is 1. The summed E-state index contributed by atoms with van der Waals surface area (Å²) in [5.74, 6) is 0. The molecule has 2 unspecified atom stereocenters. The van der Waals surface area contributed by atoms with Gasteiger partial charge >= 0.3 is 0 Å². The van der Waals surface area contributed by atoms with Crippen molar-refractivity contribution >= 4 is 11.3 Å². The molecule has 1 N–H and O–H groups in total. The number of aryl methyl sites for hydroxylation is 2. The van der Waals surface area contributed by atoms with Crippen LogP contribution in [0.2, 0.25) is 0 Å². The van der Waals surface area contributed by atoms with E-state index in [4.69, 9.17) is 0 Å². The van der Waals surface area contributed by atoms with Crippen molar-refractivity contribution in [2.45, 2.75) is 39.8 Å². The Morgan fingerprint density at radius 2 is 2.00 bits per heavy atom. The summed E-state index contributed by atoms with van der Waals surface area (Å²) in [7, 11) is 1.98. The van der Waals surface area contributed by atoms with Crippen LogP contribution in [0.4, 0.5) is 0 Å². The summed E-state index contributed by atoms with van der Waals surface area (Å²) in [6.07, 6.45) is 1.96. The van der Waals surface area contributed by atoms with E-state index >= 15 is 0 Å². The van der Waals surface area contributed by atoms with Gasteiger partial charge in [-0.2, -0.15) is 5.10 Å². The van der Waals surface area contributed by atoms with Crippen molar-refractivity contribution in [3.05, 3.63) is 39.3 Å². The third-order valence-corrected chi connectivity index (χ3v) is 4.74. The zero-order valence-electron chi connectivity index (χ0n) is 11.7. The fourth-order valence-electron chi connectivity index (χ4n) is 2.31. The molecule has 0 amide bonds. The van der Waals surface area contributed by atoms with E-state index < -0.39 is 0 Å². The van der Waals surface area contributed by atoms with Crippen LogP contribution in [-0.4, -0.2) is 9.78 Å². The average molecular weight is 263 g/mol. The second-order valence-electron chi connectivity index (χ2n) is 4.89. The van der Waals surface area contributed by atoms with Gasteiger partial charge in [-0.15, -0.1) is 11.3 Å². The molecule has 4 heteroatoms. The first-order valence-electron chi connectivity index (χ1n) is 6.29. The maximum Gasteiger partial charge on any atom is 0.0540 e. The van der Waals surface area contributed by atoms with Gasteiger partial charge in [0.05, 0.1) is 6.20 Å². The molecule has 2 aromatic rings. The monoisotopic (exact) mass is 263 g/mol. The molecular weight excluding hydrogens is 242 g/mol. The summed E-state index contributed by atoms with van der Waals surface area (Å²) < 4.78 is 1.93. The lowest BCUT2D eigenvalue weighted by atomic mass is 10.1. The van der Waals surface area contributed by atoms with Gasteiger partial charge in [0, 0.05) is 35.3 Å². The minimum absolute atomic E-state index is 0.315. The van der Waals surface area contributed by atoms with E-state index in [1.807, 2.05) is 29.3 Å². The molecule has 0 saturated carbocycles. The van der Waals surface area contributed by atoms with E-state index in [2.05, 4.69) is 49.6 Å². The Morgan fingerprint density at radius 1 is 1.28 bits per heavy atom. The van der Waals surface area contributed by atoms with Crippen LogP contribution in [0.1, 0.15) is 47.6 Å². The molecule has 0 radical (unpaired) electrons. The van der Waals surface area contributed by atoms with Crippen molar-refractivity contribution in [2.24, 2.45) is 7.05 Å². The highest BCUT2D eigenvalue weighted by atomic mass is 32.1. The van der Waals surface area contributed by atoms with Gasteiger partial charge in [-0.3, -0.25) is 4.68 Å². The molecule has 0 fully saturated rings. The molecule has 0 aromatic carbocycles. The highest BCUT2D eigenvalue weighted by Gasteiger charge is 2.16. The lowest BCUT2D eigenvalue weighted by molar-refractivity contribution is 0.496. The largest absolute Gasteiger partial charge is 0.303 e. The zero-order valence-corrected chi connectivity index (χ0v) is 12.5. The highest BCUT2D eigenvalue weighted by Crippen LogP contribution is 2.26. The summed E-state index contributed by atoms with van der Waals surface area (Å²) in [5.41, 5.74) is 3.87. The number of nitrogens with zero attached hydrogens (tertiary/aromatic N) is 2. The topological polar surface area (TPSA) is 29.9 Å². The maximum absolute atomic E-state index is 4.30. The van der Waals surface area contributed by atoms with Crippen LogP contribution >= 0.6 is 11.3 Å². The van der Waals surface area contributed by atoms with Crippen LogP contribution in [0.3, 0.4) is 0 Å². The van der Waals surface area contributed by atoms with Gasteiger partial charge < -0.3 is 5.32 Å². The molecule has 2 atom stereocenters. The molecule has 0 aliphatic carbocycles. The third kappa shape index (κ3) is 2.49. The summed E-state index contributed by atoms with van der Waals surface area (Å²) in [6.45, 7) is 8.70. The number of aromatic nitrogens is 2. The fourth-order valence-corrected chi connectivity index (χ4v) is 3.25. The number of hydrogen-bond acceptors (Lipinski definition) is 3. The van der Waals surface area contributed by atoms with Gasteiger partial charge in [0.2, 0.25) is 0 Å². The van der Waals surface area contributed by atoms with E-state index in [1.165, 1.54) is 21.7 Å². The zero-order chi connectivity index (χ0) is 13.3. The van der Waals surface area contributed by atoms with E-state index in [0.29, 0.717) is 12.1 Å². The van der Waals surface area contributed by atoms with Crippen LogP contribution in [0.5, 0.6) is 0 Å². The van der Waals surface area contributed by atoms with Crippen LogP contribution in [0.25, 0.3) is 0 Å². The van der Waals surface area contributed by atoms with Gasteiger partial charge in [0.1, 0.15) is 0 Å². The van der Waals surface area contributed by atoms with Gasteiger partial charge in [-0.25, -0.2) is 0 Å². The van der Waals surface area contributed by atoms with E-state index in [-0.39, 0.29) is 0 Å². The summed E-state index contributed by atoms with van der Waals surface area (Å²) in [6, 6.07) is 2.87. The van der Waals surface area contributed by atoms with E-state index in [9.17, 15) is 0 Å². The molecule has 2 rings (SSSR count). The van der Waals surface area contributed by atoms with Crippen molar-refractivity contribution in [1.82, 2.24) is 15.1 Å². The molecule has 2 heterocycles. The third-order valence-electron chi connectivity index (χ3n) is 3.53. The van der Waals surface area contributed by atoms with E-state index in [0.717, 1.165) is 0 Å². The minimum atomic E-state index is 0.315. The molecule has 0 spiro atoms. The Balaban J connectivity index is 2.10. The Labute approximate surface area is 113 Å². The Bertz CT molecular complexity index is 527. The van der Waals surface area contributed by atoms with Gasteiger partial charge in [0.15, 0.2) is 0 Å². The van der Waals surface area contributed by atoms with Gasteiger partial charge in [-0.05, 0) is 44.7 Å². The standard InChI is InChI=1S/C14H21N3S/c1-9-6-7-18-14(9)11(3)16-10(2)13-8-15-17(5)12(13)4/h6-8,10-11,16H,1-5H3. The second-order valence-corrected chi connectivity index (χ2v) is 5.83. The van der Waals surface area contributed by atoms with Crippen LogP contribution in [0.15, 0.2) is 17.6 Å². The quantitative estimate of drug-likeness (QED) is 0.915. The molecule has 0 bridgehead atoms. The van der Waals surface area contributed by atoms with Crippen LogP contribution < -0.4 is 5.32 Å². The summed E-state index contributed by atoms with van der Waals surface area (Å²) in [4.78, 5) is 1.42. The van der Waals surface area contributed by atoms with Crippen molar-refractivity contribution < 1.29 is 0 Å². The van der Waals surface area contributed by atoms with Crippen LogP contribution in [-0.2, 0) is 7.05 Å². The first-order valence-corrected chi connectivity index (χ1v) is 7.17. The average Bonchev–Trinajstić information content (AvgIpc) is 2.87. The minimum Gasteiger partial charge on any atom is -0.303 e. The smallest absolute Gasteiger partial charge is 0.0540 e. The highest BCUT2D eigenvalue weighted by molar-refractivity contribution is 7.10. The molecule has 0 saturated heterocycles. The number of rotatable bonds is 4. The van der Waals surface area contributed by atoms with Crippen molar-refractivity contribution in [1.29, 1.82) is 0 Å². The first kappa shape index (κ1) is 13.3. The number of nitrogens with one attached hydrogen (secondary N) is 1. The van der Waals surface area contributed by atoms with Crippen molar-refractivity contribution in [3.8, 4) is 0 Å². The Hall–Kier alpha value is -1.13. The fraction of sp³-hybridized carbons (Fsp3) is 0.500. The molecule has 0 aliphatic heterocycles. The lowest BCUT2D eigenvalue weighted by Gasteiger charge is -2.20. The van der Waals surface area contributed by atoms with E-state index in [1.54, 1.807) is 0 Å². The molecule has 98 valence electrons. The predicted molar refractivity (Wildman–Crippen MR) is 77.0 cm³/mol. The SMILES string of the molecule is Cc1ccsc1C(C)NC(C)c1cnn(C)c1C. The normalized spacial score (nSPS) is 14.7. The Morgan fingerprint density at radius 3 is 2.50 bits per heavy atom. The molecule has 2 aromatic heterocycles. The predicted octanol–water partition coefficient (Wildman–Crippen LogP) is 3.51. The lowest BCUT2D eigenvalue weighted by Crippen LogP contribution is -2.22. The van der Waals surface area contributed by atoms with Crippen LogP contribution in [0, 0.1) is 13.8 Å². The first-order chi connectivity index (χ1) is 8.50. The molecule has 18 heavy (non-hydrogen) atoms. The van der Waals surface area contributed by atoms with Gasteiger partial charge in [0.25, 0.3) is 0 Å². The summed E-state index contributed by atoms with van der Waals surface area (Å²) >= 11 is 1.82. The van der Waals surface area contributed by atoms with Crippen molar-refractivity contribution in [2.75, 3.05) is 0 Å².